The van der Waals surface area contributed by atoms with E-state index in [1.54, 1.807) is 42.5 Å². The van der Waals surface area contributed by atoms with E-state index in [-0.39, 0.29) is 11.3 Å². The molecule has 1 N–H and O–H groups in total. The average Bonchev–Trinajstić information content (AvgIpc) is 3.44. The van der Waals surface area contributed by atoms with Crippen LogP contribution in [-0.4, -0.2) is 72.6 Å². The van der Waals surface area contributed by atoms with Crippen LogP contribution in [0, 0.1) is 0 Å². The summed E-state index contributed by atoms with van der Waals surface area (Å²) < 4.78 is 16.4. The lowest BCUT2D eigenvalue weighted by Crippen LogP contribution is -2.42. The van der Waals surface area contributed by atoms with E-state index in [2.05, 4.69) is 11.5 Å². The molecule has 2 saturated heterocycles. The molecule has 2 aliphatic heterocycles. The van der Waals surface area contributed by atoms with Crippen molar-refractivity contribution in [2.75, 3.05) is 46.0 Å². The Bertz CT molecular complexity index is 990. The normalized spacial score (nSPS) is 21.1. The molecule has 1 atom stereocenters. The third-order valence-corrected chi connectivity index (χ3v) is 5.61. The van der Waals surface area contributed by atoms with E-state index < -0.39 is 17.7 Å². The highest BCUT2D eigenvalue weighted by molar-refractivity contribution is 6.46. The van der Waals surface area contributed by atoms with Gasteiger partial charge in [-0.15, -0.1) is 0 Å². The predicted molar refractivity (Wildman–Crippen MR) is 117 cm³/mol. The van der Waals surface area contributed by atoms with Gasteiger partial charge in [0, 0.05) is 31.7 Å². The molecule has 168 valence electrons. The molecule has 1 aromatic carbocycles. The molecule has 2 fully saturated rings. The summed E-state index contributed by atoms with van der Waals surface area (Å²) in [5.74, 6) is -0.576. The smallest absolute Gasteiger partial charge is 0.295 e. The molecule has 4 rings (SSSR count). The number of Topliss-reactive ketones (excluding diaryl/α,β-unsaturated/α-hetero) is 1. The van der Waals surface area contributed by atoms with E-state index in [0.717, 1.165) is 13.1 Å². The van der Waals surface area contributed by atoms with Crippen LogP contribution in [0.25, 0.3) is 5.76 Å². The van der Waals surface area contributed by atoms with E-state index in [9.17, 15) is 14.7 Å². The van der Waals surface area contributed by atoms with Crippen molar-refractivity contribution >= 4 is 17.4 Å². The van der Waals surface area contributed by atoms with Crippen molar-refractivity contribution in [1.29, 1.82) is 0 Å². The molecule has 0 saturated carbocycles. The number of hydrogen-bond acceptors (Lipinski definition) is 7. The quantitative estimate of drug-likeness (QED) is 0.293. The SMILES string of the molecule is C=CCOc1ccc(/C(O)=C2\C(=O)C(=O)N(CCN3CCOCC3)C2c2ccco2)cc1. The Morgan fingerprint density at radius 1 is 1.16 bits per heavy atom. The maximum absolute atomic E-state index is 13.0. The molecule has 2 aromatic rings. The largest absolute Gasteiger partial charge is 0.507 e. The molecule has 0 spiro atoms. The Labute approximate surface area is 186 Å². The number of furan rings is 1. The highest BCUT2D eigenvalue weighted by Gasteiger charge is 2.47. The Balaban J connectivity index is 1.64. The molecular formula is C24H26N2O6. The lowest BCUT2D eigenvalue weighted by Gasteiger charge is -2.30. The number of ether oxygens (including phenoxy) is 2. The number of rotatable bonds is 8. The summed E-state index contributed by atoms with van der Waals surface area (Å²) in [6, 6.07) is 9.29. The van der Waals surface area contributed by atoms with Gasteiger partial charge in [0.2, 0.25) is 0 Å². The van der Waals surface area contributed by atoms with Crippen LogP contribution < -0.4 is 4.74 Å². The first-order valence-corrected chi connectivity index (χ1v) is 10.6. The van der Waals surface area contributed by atoms with Crippen molar-refractivity contribution in [1.82, 2.24) is 9.80 Å². The van der Waals surface area contributed by atoms with Gasteiger partial charge in [0.05, 0.1) is 25.1 Å². The van der Waals surface area contributed by atoms with E-state index in [4.69, 9.17) is 13.9 Å². The fourth-order valence-electron chi connectivity index (χ4n) is 3.95. The standard InChI is InChI=1S/C24H26N2O6/c1-2-13-31-18-7-5-17(6-8-18)22(27)20-21(19-4-3-14-32-19)26(24(29)23(20)28)10-9-25-11-15-30-16-12-25/h2-8,14,21,27H,1,9-13,15-16H2/b22-20+. The van der Waals surface area contributed by atoms with Crippen LogP contribution in [0.5, 0.6) is 5.75 Å². The van der Waals surface area contributed by atoms with Crippen molar-refractivity contribution in [2.24, 2.45) is 0 Å². The highest BCUT2D eigenvalue weighted by atomic mass is 16.5. The number of nitrogens with zero attached hydrogens (tertiary/aromatic N) is 2. The number of amides is 1. The van der Waals surface area contributed by atoms with Crippen molar-refractivity contribution in [3.8, 4) is 5.75 Å². The number of benzene rings is 1. The van der Waals surface area contributed by atoms with Gasteiger partial charge < -0.3 is 23.9 Å². The number of hydrogen-bond donors (Lipinski definition) is 1. The first-order chi connectivity index (χ1) is 15.6. The average molecular weight is 438 g/mol. The van der Waals surface area contributed by atoms with Crippen molar-refractivity contribution in [3.05, 3.63) is 72.2 Å². The summed E-state index contributed by atoms with van der Waals surface area (Å²) in [7, 11) is 0. The molecule has 1 unspecified atom stereocenters. The molecule has 2 aliphatic rings. The molecule has 3 heterocycles. The highest BCUT2D eigenvalue weighted by Crippen LogP contribution is 2.39. The van der Waals surface area contributed by atoms with Gasteiger partial charge in [-0.1, -0.05) is 12.7 Å². The number of carbonyl (C=O) groups excluding carboxylic acids is 2. The number of morpholine rings is 1. The zero-order valence-electron chi connectivity index (χ0n) is 17.7. The summed E-state index contributed by atoms with van der Waals surface area (Å²) in [6.07, 6.45) is 3.12. The predicted octanol–water partition coefficient (Wildman–Crippen LogP) is 2.60. The second kappa shape index (κ2) is 9.84. The van der Waals surface area contributed by atoms with Gasteiger partial charge in [-0.25, -0.2) is 0 Å². The molecule has 8 heteroatoms. The Kier molecular flexibility index (Phi) is 6.72. The molecule has 1 aromatic heterocycles. The summed E-state index contributed by atoms with van der Waals surface area (Å²) >= 11 is 0. The van der Waals surface area contributed by atoms with Gasteiger partial charge in [-0.05, 0) is 36.4 Å². The third kappa shape index (κ3) is 4.46. The van der Waals surface area contributed by atoms with Crippen LogP contribution in [0.1, 0.15) is 17.4 Å². The van der Waals surface area contributed by atoms with Crippen molar-refractivity contribution in [2.45, 2.75) is 6.04 Å². The minimum atomic E-state index is -0.789. The number of ketones is 1. The lowest BCUT2D eigenvalue weighted by molar-refractivity contribution is -0.140. The number of aliphatic hydroxyl groups excluding tert-OH is 1. The van der Waals surface area contributed by atoms with Crippen LogP contribution in [0.3, 0.4) is 0 Å². The maximum Gasteiger partial charge on any atom is 0.295 e. The molecular weight excluding hydrogens is 412 g/mol. The first kappa shape index (κ1) is 21.9. The van der Waals surface area contributed by atoms with E-state index in [1.807, 2.05) is 0 Å². The first-order valence-electron chi connectivity index (χ1n) is 10.6. The zero-order valence-corrected chi connectivity index (χ0v) is 17.7. The van der Waals surface area contributed by atoms with Gasteiger partial charge in [0.25, 0.3) is 11.7 Å². The van der Waals surface area contributed by atoms with E-state index in [0.29, 0.717) is 50.0 Å². The summed E-state index contributed by atoms with van der Waals surface area (Å²) in [5, 5.41) is 11.0. The van der Waals surface area contributed by atoms with Crippen LogP contribution in [0.2, 0.25) is 0 Å². The third-order valence-electron chi connectivity index (χ3n) is 5.61. The number of likely N-dealkylation sites (tertiary alicyclic amines) is 1. The topological polar surface area (TPSA) is 92.5 Å². The molecule has 1 amide bonds. The minimum Gasteiger partial charge on any atom is -0.507 e. The summed E-state index contributed by atoms with van der Waals surface area (Å²) in [4.78, 5) is 29.6. The minimum absolute atomic E-state index is 0.0201. The van der Waals surface area contributed by atoms with Gasteiger partial charge in [-0.2, -0.15) is 0 Å². The fourth-order valence-corrected chi connectivity index (χ4v) is 3.95. The monoisotopic (exact) mass is 438 g/mol. The van der Waals surface area contributed by atoms with Crippen molar-refractivity contribution < 1.29 is 28.6 Å². The van der Waals surface area contributed by atoms with E-state index >= 15 is 0 Å². The lowest BCUT2D eigenvalue weighted by atomic mass is 9.99. The molecule has 8 nitrogen and oxygen atoms in total. The van der Waals surface area contributed by atoms with Gasteiger partial charge in [0.15, 0.2) is 0 Å². The second-order valence-electron chi connectivity index (χ2n) is 7.59. The molecule has 0 radical (unpaired) electrons. The fraction of sp³-hybridized carbons (Fsp3) is 0.333. The number of carbonyl (C=O) groups is 2. The Morgan fingerprint density at radius 3 is 2.56 bits per heavy atom. The number of aliphatic hydroxyl groups is 1. The molecule has 0 aliphatic carbocycles. The zero-order chi connectivity index (χ0) is 22.5. The molecule has 32 heavy (non-hydrogen) atoms. The van der Waals surface area contributed by atoms with Gasteiger partial charge in [0.1, 0.15) is 29.9 Å². The van der Waals surface area contributed by atoms with Crippen LogP contribution >= 0.6 is 0 Å². The van der Waals surface area contributed by atoms with Crippen molar-refractivity contribution in [3.63, 3.8) is 0 Å². The summed E-state index contributed by atoms with van der Waals surface area (Å²) in [6.45, 7) is 7.74. The second-order valence-corrected chi connectivity index (χ2v) is 7.59. The molecule has 0 bridgehead atoms. The van der Waals surface area contributed by atoms with Crippen LogP contribution in [0.15, 0.2) is 65.3 Å². The van der Waals surface area contributed by atoms with E-state index in [1.165, 1.54) is 11.2 Å². The van der Waals surface area contributed by atoms with Crippen LogP contribution in [0.4, 0.5) is 0 Å². The van der Waals surface area contributed by atoms with Gasteiger partial charge >= 0.3 is 0 Å². The van der Waals surface area contributed by atoms with Crippen LogP contribution in [-0.2, 0) is 14.3 Å². The maximum atomic E-state index is 13.0. The summed E-state index contributed by atoms with van der Waals surface area (Å²) in [5.41, 5.74) is 0.436. The Hall–Kier alpha value is -3.36. The van der Waals surface area contributed by atoms with Gasteiger partial charge in [-0.3, -0.25) is 14.5 Å². The Morgan fingerprint density at radius 2 is 1.91 bits per heavy atom.